The van der Waals surface area contributed by atoms with Crippen LogP contribution in [0.25, 0.3) is 21.5 Å². The zero-order valence-electron chi connectivity index (χ0n) is 16.2. The van der Waals surface area contributed by atoms with E-state index in [2.05, 4.69) is 0 Å². The van der Waals surface area contributed by atoms with Gasteiger partial charge in [-0.2, -0.15) is 0 Å². The van der Waals surface area contributed by atoms with Gasteiger partial charge in [0.05, 0.1) is 10.8 Å². The Morgan fingerprint density at radius 2 is 0.444 bits per heavy atom. The maximum atomic E-state index is 15.5. The molecule has 0 radical (unpaired) electrons. The lowest BCUT2D eigenvalue weighted by Crippen LogP contribution is -2.45. The molecule has 0 unspecified atom stereocenters. The van der Waals surface area contributed by atoms with Crippen LogP contribution in [0.1, 0.15) is 0 Å². The molecule has 0 nitrogen and oxygen atoms in total. The van der Waals surface area contributed by atoms with E-state index in [9.17, 15) is 61.5 Å². The van der Waals surface area contributed by atoms with Crippen LogP contribution in [-0.4, -0.2) is 6.99 Å². The Balaban J connectivity index is 2.30. The summed E-state index contributed by atoms with van der Waals surface area (Å²) in [5, 5.41) is -9.18. The summed E-state index contributed by atoms with van der Waals surface area (Å²) in [5.41, 5.74) is -4.95. The highest BCUT2D eigenvalue weighted by atomic mass is 19.2. The molecule has 0 saturated heterocycles. The zero-order valence-corrected chi connectivity index (χ0v) is 16.2. The van der Waals surface area contributed by atoms with E-state index >= 15 is 4.32 Å². The minimum atomic E-state index is -4.15. The number of hydrogen-bond acceptors (Lipinski definition) is 0. The molecule has 0 fully saturated rings. The molecule has 0 N–H and O–H groups in total. The molecule has 16 heteroatoms. The first kappa shape index (κ1) is 25.5. The first-order valence-corrected chi connectivity index (χ1v) is 8.94. The third kappa shape index (κ3) is 3.08. The van der Waals surface area contributed by atoms with Crippen LogP contribution in [-0.2, 0) is 0 Å². The molecule has 4 aromatic rings. The molecule has 36 heavy (non-hydrogen) atoms. The van der Waals surface area contributed by atoms with Gasteiger partial charge in [0.25, 0.3) is 0 Å². The van der Waals surface area contributed by atoms with Crippen LogP contribution >= 0.6 is 0 Å². The van der Waals surface area contributed by atoms with E-state index < -0.39 is 121 Å². The van der Waals surface area contributed by atoms with Gasteiger partial charge in [-0.05, 0) is 0 Å². The summed E-state index contributed by atoms with van der Waals surface area (Å²) in [4.78, 5) is 0. The van der Waals surface area contributed by atoms with Crippen LogP contribution in [0, 0.1) is 81.4 Å². The molecule has 0 aliphatic rings. The molecular weight excluding hydrogens is 536 g/mol. The number of rotatable bonds is 2. The van der Waals surface area contributed by atoms with Crippen molar-refractivity contribution in [3.05, 3.63) is 81.4 Å². The summed E-state index contributed by atoms with van der Waals surface area (Å²) in [6.07, 6.45) is 0. The number of fused-ring (bicyclic) bond motifs is 2. The molecule has 4 aromatic carbocycles. The second-order valence-electron chi connectivity index (χ2n) is 7.09. The smallest absolute Gasteiger partial charge is 0.322 e. The Labute approximate surface area is 187 Å². The van der Waals surface area contributed by atoms with Gasteiger partial charge in [0.2, 0.25) is 0 Å². The molecule has 0 aliphatic heterocycles. The highest BCUT2D eigenvalue weighted by Gasteiger charge is 2.41. The minimum Gasteiger partial charge on any atom is -0.322 e. The van der Waals surface area contributed by atoms with Crippen molar-refractivity contribution in [3.8, 4) is 0 Å². The van der Waals surface area contributed by atoms with Gasteiger partial charge in [0.15, 0.2) is 81.4 Å². The normalized spacial score (nSPS) is 11.8. The maximum absolute atomic E-state index is 15.5. The molecule has 0 aliphatic carbocycles. The van der Waals surface area contributed by atoms with Gasteiger partial charge in [-0.1, -0.05) is 0 Å². The van der Waals surface area contributed by atoms with Gasteiger partial charge in [0, 0.05) is 21.7 Å². The van der Waals surface area contributed by atoms with E-state index in [0.29, 0.717) is 0 Å². The fraction of sp³-hybridized carbons (Fsp3) is 0. The zero-order chi connectivity index (χ0) is 27.1. The summed E-state index contributed by atoms with van der Waals surface area (Å²) in [6.45, 7) is -4.15. The third-order valence-corrected chi connectivity index (χ3v) is 5.26. The molecule has 0 aromatic heterocycles. The highest BCUT2D eigenvalue weighted by Crippen LogP contribution is 2.33. The van der Waals surface area contributed by atoms with E-state index in [1.54, 1.807) is 0 Å². The first-order valence-electron chi connectivity index (χ1n) is 8.94. The fourth-order valence-corrected chi connectivity index (χ4v) is 3.67. The van der Waals surface area contributed by atoms with Crippen molar-refractivity contribution in [1.29, 1.82) is 0 Å². The lowest BCUT2D eigenvalue weighted by atomic mass is 9.55. The van der Waals surface area contributed by atoms with Crippen molar-refractivity contribution in [2.24, 2.45) is 0 Å². The number of halogens is 15. The highest BCUT2D eigenvalue weighted by molar-refractivity contribution is 6.83. The predicted molar refractivity (Wildman–Crippen MR) is 93.4 cm³/mol. The van der Waals surface area contributed by atoms with Crippen molar-refractivity contribution < 1.29 is 65.8 Å². The van der Waals surface area contributed by atoms with E-state index in [1.807, 2.05) is 0 Å². The Morgan fingerprint density at radius 1 is 0.250 bits per heavy atom. The molecule has 0 saturated carbocycles. The first-order chi connectivity index (χ1) is 16.7. The molecule has 4 rings (SSSR count). The predicted octanol–water partition coefficient (Wildman–Crippen LogP) is 6.02. The second-order valence-corrected chi connectivity index (χ2v) is 7.09. The van der Waals surface area contributed by atoms with Gasteiger partial charge in [-0.25, -0.2) is 61.5 Å². The van der Waals surface area contributed by atoms with Crippen molar-refractivity contribution in [1.82, 2.24) is 0 Å². The lowest BCUT2D eigenvalue weighted by molar-refractivity contribution is 0.411. The van der Waals surface area contributed by atoms with Crippen LogP contribution < -0.4 is 10.9 Å². The summed E-state index contributed by atoms with van der Waals surface area (Å²) < 4.78 is 213. The van der Waals surface area contributed by atoms with Gasteiger partial charge < -0.3 is 4.32 Å². The van der Waals surface area contributed by atoms with E-state index in [0.717, 1.165) is 0 Å². The summed E-state index contributed by atoms with van der Waals surface area (Å²) >= 11 is 0. The van der Waals surface area contributed by atoms with E-state index in [1.165, 1.54) is 0 Å². The number of benzene rings is 4. The summed E-state index contributed by atoms with van der Waals surface area (Å²) in [5.74, 6) is -39.6. The van der Waals surface area contributed by atoms with Crippen molar-refractivity contribution in [2.75, 3.05) is 0 Å². The van der Waals surface area contributed by atoms with Crippen molar-refractivity contribution in [2.45, 2.75) is 0 Å². The second kappa shape index (κ2) is 8.23. The largest absolute Gasteiger partial charge is 0.421 e. The maximum Gasteiger partial charge on any atom is 0.421 e. The fourth-order valence-electron chi connectivity index (χ4n) is 3.67. The Kier molecular flexibility index (Phi) is 5.83. The van der Waals surface area contributed by atoms with Crippen LogP contribution in [0.3, 0.4) is 0 Å². The topological polar surface area (TPSA) is 0 Å². The Hall–Kier alpha value is -3.59. The van der Waals surface area contributed by atoms with E-state index in [4.69, 9.17) is 0 Å². The molecule has 0 heterocycles. The Morgan fingerprint density at radius 3 is 0.694 bits per heavy atom. The van der Waals surface area contributed by atoms with Crippen LogP contribution in [0.2, 0.25) is 0 Å². The van der Waals surface area contributed by atoms with Crippen LogP contribution in [0.15, 0.2) is 0 Å². The van der Waals surface area contributed by atoms with Crippen molar-refractivity contribution >= 4 is 39.5 Å². The SMILES string of the molecule is FB(c1c(F)c(F)c(F)c2c(F)c(F)c(F)c(F)c12)c1c(F)c(F)c(F)c2c(F)c(F)c(F)c(F)c12. The van der Waals surface area contributed by atoms with Crippen LogP contribution in [0.4, 0.5) is 65.8 Å². The van der Waals surface area contributed by atoms with Gasteiger partial charge >= 0.3 is 6.99 Å². The van der Waals surface area contributed by atoms with E-state index in [-0.39, 0.29) is 0 Å². The quantitative estimate of drug-likeness (QED) is 0.127. The third-order valence-electron chi connectivity index (χ3n) is 5.26. The van der Waals surface area contributed by atoms with Crippen molar-refractivity contribution in [3.63, 3.8) is 0 Å². The minimum absolute atomic E-state index is 2.29. The van der Waals surface area contributed by atoms with Crippen LogP contribution in [0.5, 0.6) is 0 Å². The average molecular weight is 536 g/mol. The van der Waals surface area contributed by atoms with Gasteiger partial charge in [-0.15, -0.1) is 0 Å². The molecule has 0 amide bonds. The molecule has 0 atom stereocenters. The molecule has 188 valence electrons. The Bertz CT molecular complexity index is 1510. The molecular formula is C20BF15. The standard InChI is InChI=1S/C20BF15/c22-7-1-3(11(26)19(34)17(7)32)9(24)15(30)13(28)5(1)21(36)6-2-4(10(25)16(31)14(6)29)12(27)20(35)18(33)8(2)23. The summed E-state index contributed by atoms with van der Waals surface area (Å²) in [7, 11) is 0. The number of hydrogen-bond donors (Lipinski definition) is 0. The van der Waals surface area contributed by atoms with Gasteiger partial charge in [-0.3, -0.25) is 0 Å². The molecule has 0 bridgehead atoms. The monoisotopic (exact) mass is 536 g/mol. The van der Waals surface area contributed by atoms with Gasteiger partial charge in [0.1, 0.15) is 0 Å². The summed E-state index contributed by atoms with van der Waals surface area (Å²) in [6, 6.07) is 0. The molecule has 0 spiro atoms. The lowest BCUT2D eigenvalue weighted by Gasteiger charge is -2.18. The average Bonchev–Trinajstić information content (AvgIpc) is 2.84.